The van der Waals surface area contributed by atoms with Gasteiger partial charge in [0.1, 0.15) is 5.82 Å². The molecule has 4 heteroatoms. The van der Waals surface area contributed by atoms with Crippen LogP contribution in [0.1, 0.15) is 44.1 Å². The molecule has 3 rings (SSSR count). The average molecular weight is 338 g/mol. The van der Waals surface area contributed by atoms with Crippen LogP contribution in [-0.2, 0) is 0 Å². The normalized spacial score (nSPS) is 22.3. The maximum absolute atomic E-state index is 4.46. The highest BCUT2D eigenvalue weighted by Crippen LogP contribution is 2.27. The summed E-state index contributed by atoms with van der Waals surface area (Å²) < 4.78 is 1.08. The molecule has 0 radical (unpaired) electrons. The molecule has 2 heterocycles. The Balaban J connectivity index is 1.51. The molecule has 20 heavy (non-hydrogen) atoms. The van der Waals surface area contributed by atoms with Crippen LogP contribution in [0, 0.1) is 6.92 Å². The van der Waals surface area contributed by atoms with Gasteiger partial charge in [0.05, 0.1) is 0 Å². The molecule has 0 aromatic carbocycles. The molecule has 0 atom stereocenters. The first-order valence-electron chi connectivity index (χ1n) is 7.85. The Kier molecular flexibility index (Phi) is 4.61. The van der Waals surface area contributed by atoms with E-state index in [0.717, 1.165) is 16.3 Å². The lowest BCUT2D eigenvalue weighted by Gasteiger charge is -2.36. The van der Waals surface area contributed by atoms with Gasteiger partial charge in [-0.15, -0.1) is 0 Å². The molecular weight excluding hydrogens is 314 g/mol. The number of piperidine rings is 1. The molecule has 2 fully saturated rings. The van der Waals surface area contributed by atoms with Gasteiger partial charge >= 0.3 is 0 Å². The fraction of sp³-hybridized carbons (Fsp3) is 0.688. The lowest BCUT2D eigenvalue weighted by atomic mass is 10.0. The Hall–Kier alpha value is -0.610. The second kappa shape index (κ2) is 6.44. The molecule has 0 unspecified atom stereocenters. The van der Waals surface area contributed by atoms with Crippen molar-refractivity contribution in [3.8, 4) is 0 Å². The van der Waals surface area contributed by atoms with Gasteiger partial charge in [0, 0.05) is 35.8 Å². The third-order valence-electron chi connectivity index (χ3n) is 4.77. The van der Waals surface area contributed by atoms with Gasteiger partial charge in [0.25, 0.3) is 0 Å². The lowest BCUT2D eigenvalue weighted by molar-refractivity contribution is 0.159. The summed E-state index contributed by atoms with van der Waals surface area (Å²) in [4.78, 5) is 7.17. The summed E-state index contributed by atoms with van der Waals surface area (Å²) >= 11 is 3.50. The molecule has 1 aliphatic heterocycles. The third-order valence-corrected chi connectivity index (χ3v) is 5.60. The highest BCUT2D eigenvalue weighted by Gasteiger charge is 2.27. The molecule has 0 amide bonds. The van der Waals surface area contributed by atoms with Crippen molar-refractivity contribution < 1.29 is 0 Å². The number of halogens is 1. The van der Waals surface area contributed by atoms with Crippen LogP contribution in [0.3, 0.4) is 0 Å². The van der Waals surface area contributed by atoms with Crippen LogP contribution in [0.15, 0.2) is 16.7 Å². The number of hydrogen-bond acceptors (Lipinski definition) is 3. The third kappa shape index (κ3) is 3.34. The first-order chi connectivity index (χ1) is 9.72. The molecular formula is C16H24BrN3. The van der Waals surface area contributed by atoms with Crippen molar-refractivity contribution in [2.75, 3.05) is 18.4 Å². The Morgan fingerprint density at radius 1 is 1.20 bits per heavy atom. The molecule has 0 bridgehead atoms. The van der Waals surface area contributed by atoms with E-state index in [2.05, 4.69) is 44.1 Å². The van der Waals surface area contributed by atoms with Crippen molar-refractivity contribution in [2.24, 2.45) is 0 Å². The van der Waals surface area contributed by atoms with Crippen molar-refractivity contribution in [1.29, 1.82) is 0 Å². The Labute approximate surface area is 130 Å². The lowest BCUT2D eigenvalue weighted by Crippen LogP contribution is -2.43. The van der Waals surface area contributed by atoms with Crippen LogP contribution in [-0.4, -0.2) is 35.1 Å². The van der Waals surface area contributed by atoms with E-state index in [1.807, 2.05) is 6.20 Å². The van der Waals surface area contributed by atoms with Crippen LogP contribution >= 0.6 is 15.9 Å². The molecule has 1 aromatic rings. The van der Waals surface area contributed by atoms with Crippen LogP contribution < -0.4 is 5.32 Å². The molecule has 0 spiro atoms. The summed E-state index contributed by atoms with van der Waals surface area (Å²) in [6.45, 7) is 4.61. The predicted molar refractivity (Wildman–Crippen MR) is 87.1 cm³/mol. The van der Waals surface area contributed by atoms with Gasteiger partial charge < -0.3 is 10.2 Å². The van der Waals surface area contributed by atoms with E-state index in [-0.39, 0.29) is 0 Å². The minimum atomic E-state index is 0.584. The molecule has 1 aromatic heterocycles. The number of anilines is 1. The molecule has 110 valence electrons. The first kappa shape index (κ1) is 14.3. The van der Waals surface area contributed by atoms with Gasteiger partial charge in [-0.3, -0.25) is 0 Å². The van der Waals surface area contributed by atoms with Gasteiger partial charge in [-0.1, -0.05) is 12.8 Å². The van der Waals surface area contributed by atoms with E-state index in [1.165, 1.54) is 57.2 Å². The summed E-state index contributed by atoms with van der Waals surface area (Å²) in [5, 5.41) is 3.60. The minimum absolute atomic E-state index is 0.584. The Bertz CT molecular complexity index is 449. The van der Waals surface area contributed by atoms with Crippen molar-refractivity contribution in [3.63, 3.8) is 0 Å². The van der Waals surface area contributed by atoms with Crippen LogP contribution in [0.5, 0.6) is 0 Å². The van der Waals surface area contributed by atoms with Crippen molar-refractivity contribution in [3.05, 3.63) is 22.3 Å². The summed E-state index contributed by atoms with van der Waals surface area (Å²) in [7, 11) is 0. The number of rotatable bonds is 3. The van der Waals surface area contributed by atoms with E-state index < -0.39 is 0 Å². The predicted octanol–water partition coefficient (Wildman–Crippen LogP) is 3.97. The van der Waals surface area contributed by atoms with E-state index in [9.17, 15) is 0 Å². The Morgan fingerprint density at radius 2 is 1.90 bits per heavy atom. The topological polar surface area (TPSA) is 28.2 Å². The number of nitrogens with one attached hydrogen (secondary N) is 1. The van der Waals surface area contributed by atoms with Crippen LogP contribution in [0.2, 0.25) is 0 Å². The van der Waals surface area contributed by atoms with E-state index in [0.29, 0.717) is 6.04 Å². The van der Waals surface area contributed by atoms with Gasteiger partial charge in [-0.25, -0.2) is 4.98 Å². The zero-order chi connectivity index (χ0) is 13.9. The number of hydrogen-bond donors (Lipinski definition) is 1. The summed E-state index contributed by atoms with van der Waals surface area (Å²) in [5.74, 6) is 1.02. The van der Waals surface area contributed by atoms with Crippen molar-refractivity contribution in [2.45, 2.75) is 57.5 Å². The Morgan fingerprint density at radius 3 is 2.55 bits per heavy atom. The largest absolute Gasteiger partial charge is 0.367 e. The molecule has 1 aliphatic carbocycles. The SMILES string of the molecule is Cc1cc(NC2CCN(C3CCCC3)CC2)ncc1Br. The molecule has 3 nitrogen and oxygen atoms in total. The number of pyridine rings is 1. The monoisotopic (exact) mass is 337 g/mol. The number of likely N-dealkylation sites (tertiary alicyclic amines) is 1. The molecule has 1 saturated heterocycles. The maximum Gasteiger partial charge on any atom is 0.126 e. The number of aromatic nitrogens is 1. The summed E-state index contributed by atoms with van der Waals surface area (Å²) in [6.07, 6.45) is 10.1. The zero-order valence-electron chi connectivity index (χ0n) is 12.2. The quantitative estimate of drug-likeness (QED) is 0.904. The maximum atomic E-state index is 4.46. The van der Waals surface area contributed by atoms with E-state index >= 15 is 0 Å². The molecule has 1 saturated carbocycles. The van der Waals surface area contributed by atoms with Crippen molar-refractivity contribution >= 4 is 21.7 Å². The summed E-state index contributed by atoms with van der Waals surface area (Å²) in [5.41, 5.74) is 1.24. The number of aryl methyl sites for hydroxylation is 1. The van der Waals surface area contributed by atoms with E-state index in [1.54, 1.807) is 0 Å². The highest BCUT2D eigenvalue weighted by atomic mass is 79.9. The summed E-state index contributed by atoms with van der Waals surface area (Å²) in [6, 6.07) is 3.60. The minimum Gasteiger partial charge on any atom is -0.367 e. The van der Waals surface area contributed by atoms with Gasteiger partial charge in [0.15, 0.2) is 0 Å². The second-order valence-corrected chi connectivity index (χ2v) is 7.07. The van der Waals surface area contributed by atoms with Crippen LogP contribution in [0.4, 0.5) is 5.82 Å². The van der Waals surface area contributed by atoms with Gasteiger partial charge in [-0.05, 0) is 60.2 Å². The molecule has 1 N–H and O–H groups in total. The van der Waals surface area contributed by atoms with Crippen LogP contribution in [0.25, 0.3) is 0 Å². The highest BCUT2D eigenvalue weighted by molar-refractivity contribution is 9.10. The van der Waals surface area contributed by atoms with E-state index in [4.69, 9.17) is 0 Å². The number of nitrogens with zero attached hydrogens (tertiary/aromatic N) is 2. The zero-order valence-corrected chi connectivity index (χ0v) is 13.8. The molecule has 2 aliphatic rings. The van der Waals surface area contributed by atoms with Gasteiger partial charge in [-0.2, -0.15) is 0 Å². The second-order valence-electron chi connectivity index (χ2n) is 6.21. The average Bonchev–Trinajstić information content (AvgIpc) is 2.98. The van der Waals surface area contributed by atoms with Crippen molar-refractivity contribution in [1.82, 2.24) is 9.88 Å². The van der Waals surface area contributed by atoms with Gasteiger partial charge in [0.2, 0.25) is 0 Å². The standard InChI is InChI=1S/C16H24BrN3/c1-12-10-16(18-11-15(12)17)19-13-6-8-20(9-7-13)14-4-2-3-5-14/h10-11,13-14H,2-9H2,1H3,(H,18,19). The first-order valence-corrected chi connectivity index (χ1v) is 8.64. The smallest absolute Gasteiger partial charge is 0.126 e. The fourth-order valence-corrected chi connectivity index (χ4v) is 3.72. The fourth-order valence-electron chi connectivity index (χ4n) is 3.51.